The standard InChI is InChI=1S/C16H27N3O2/c1-4-6-14-17-10-12-19(14)11-9-16(3,15(20)21-5-2)18-13-7-8-13/h10,12-13,18H,4-9,11H2,1-3H3. The highest BCUT2D eigenvalue weighted by molar-refractivity contribution is 5.80. The maximum atomic E-state index is 12.3. The molecular formula is C16H27N3O2. The van der Waals surface area contributed by atoms with Crippen molar-refractivity contribution in [2.45, 2.75) is 71.0 Å². The van der Waals surface area contributed by atoms with Crippen LogP contribution < -0.4 is 5.32 Å². The lowest BCUT2D eigenvalue weighted by Crippen LogP contribution is -2.52. The van der Waals surface area contributed by atoms with Gasteiger partial charge in [0.1, 0.15) is 11.4 Å². The smallest absolute Gasteiger partial charge is 0.326 e. The summed E-state index contributed by atoms with van der Waals surface area (Å²) < 4.78 is 7.41. The third kappa shape index (κ3) is 4.30. The van der Waals surface area contributed by atoms with Crippen molar-refractivity contribution in [3.63, 3.8) is 0 Å². The van der Waals surface area contributed by atoms with Gasteiger partial charge in [0.05, 0.1) is 6.61 Å². The first-order valence-corrected chi connectivity index (χ1v) is 8.04. The van der Waals surface area contributed by atoms with Crippen LogP contribution in [0.25, 0.3) is 0 Å². The Morgan fingerprint density at radius 3 is 2.90 bits per heavy atom. The molecule has 5 nitrogen and oxygen atoms in total. The van der Waals surface area contributed by atoms with E-state index in [1.807, 2.05) is 26.2 Å². The number of hydrogen-bond acceptors (Lipinski definition) is 4. The van der Waals surface area contributed by atoms with Crippen molar-refractivity contribution in [2.24, 2.45) is 0 Å². The fourth-order valence-electron chi connectivity index (χ4n) is 2.54. The number of aryl methyl sites for hydroxylation is 2. The number of nitrogens with zero attached hydrogens (tertiary/aromatic N) is 2. The number of nitrogens with one attached hydrogen (secondary N) is 1. The van der Waals surface area contributed by atoms with Crippen molar-refractivity contribution in [1.82, 2.24) is 14.9 Å². The summed E-state index contributed by atoms with van der Waals surface area (Å²) >= 11 is 0. The normalized spacial score (nSPS) is 17.5. The molecule has 1 aliphatic carbocycles. The third-order valence-electron chi connectivity index (χ3n) is 3.95. The molecule has 21 heavy (non-hydrogen) atoms. The highest BCUT2D eigenvalue weighted by Gasteiger charge is 2.39. The largest absolute Gasteiger partial charge is 0.465 e. The van der Waals surface area contributed by atoms with E-state index in [9.17, 15) is 4.79 Å². The molecule has 0 radical (unpaired) electrons. The predicted octanol–water partition coefficient (Wildman–Crippen LogP) is 2.30. The summed E-state index contributed by atoms with van der Waals surface area (Å²) in [6, 6.07) is 0.470. The van der Waals surface area contributed by atoms with Crippen molar-refractivity contribution in [1.29, 1.82) is 0 Å². The average molecular weight is 293 g/mol. The van der Waals surface area contributed by atoms with Gasteiger partial charge in [0.25, 0.3) is 0 Å². The summed E-state index contributed by atoms with van der Waals surface area (Å²) in [6.07, 6.45) is 8.90. The van der Waals surface area contributed by atoms with E-state index in [0.29, 0.717) is 12.6 Å². The molecule has 5 heteroatoms. The quantitative estimate of drug-likeness (QED) is 0.710. The molecule has 2 rings (SSSR count). The zero-order valence-corrected chi connectivity index (χ0v) is 13.4. The minimum absolute atomic E-state index is 0.144. The van der Waals surface area contributed by atoms with E-state index in [2.05, 4.69) is 21.8 Å². The van der Waals surface area contributed by atoms with Crippen LogP contribution in [0.5, 0.6) is 0 Å². The van der Waals surface area contributed by atoms with Crippen LogP contribution in [0.4, 0.5) is 0 Å². The monoisotopic (exact) mass is 293 g/mol. The fourth-order valence-corrected chi connectivity index (χ4v) is 2.54. The molecule has 118 valence electrons. The van der Waals surface area contributed by atoms with E-state index < -0.39 is 5.54 Å². The molecule has 0 aromatic carbocycles. The second-order valence-corrected chi connectivity index (χ2v) is 6.01. The van der Waals surface area contributed by atoms with Crippen molar-refractivity contribution < 1.29 is 9.53 Å². The second-order valence-electron chi connectivity index (χ2n) is 6.01. The number of carbonyl (C=O) groups excluding carboxylic acids is 1. The van der Waals surface area contributed by atoms with E-state index in [1.54, 1.807) is 0 Å². The molecule has 1 unspecified atom stereocenters. The van der Waals surface area contributed by atoms with E-state index in [-0.39, 0.29) is 5.97 Å². The maximum Gasteiger partial charge on any atom is 0.326 e. The summed E-state index contributed by atoms with van der Waals surface area (Å²) in [7, 11) is 0. The number of aromatic nitrogens is 2. The Balaban J connectivity index is 2.00. The summed E-state index contributed by atoms with van der Waals surface area (Å²) in [5.74, 6) is 0.948. The molecule has 1 saturated carbocycles. The Bertz CT molecular complexity index is 468. The second kappa shape index (κ2) is 7.07. The van der Waals surface area contributed by atoms with E-state index >= 15 is 0 Å². The number of rotatable bonds is 9. The number of esters is 1. The Morgan fingerprint density at radius 2 is 2.29 bits per heavy atom. The first kappa shape index (κ1) is 16.0. The zero-order chi connectivity index (χ0) is 15.3. The van der Waals surface area contributed by atoms with Crippen LogP contribution in [0.2, 0.25) is 0 Å². The Kier molecular flexibility index (Phi) is 5.39. The molecule has 0 spiro atoms. The topological polar surface area (TPSA) is 56.2 Å². The van der Waals surface area contributed by atoms with Crippen molar-refractivity contribution in [3.8, 4) is 0 Å². The molecule has 1 atom stereocenters. The van der Waals surface area contributed by atoms with Crippen molar-refractivity contribution >= 4 is 5.97 Å². The molecule has 0 bridgehead atoms. The van der Waals surface area contributed by atoms with Gasteiger partial charge in [0.15, 0.2) is 0 Å². The van der Waals surface area contributed by atoms with Gasteiger partial charge in [0.2, 0.25) is 0 Å². The molecule has 1 aromatic heterocycles. The predicted molar refractivity (Wildman–Crippen MR) is 82.0 cm³/mol. The number of hydrogen-bond donors (Lipinski definition) is 1. The molecule has 1 aromatic rings. The SMILES string of the molecule is CCCc1nccn1CCC(C)(NC1CC1)C(=O)OCC. The first-order valence-electron chi connectivity index (χ1n) is 8.04. The molecule has 0 aliphatic heterocycles. The lowest BCUT2D eigenvalue weighted by Gasteiger charge is -2.29. The van der Waals surface area contributed by atoms with Crippen LogP contribution in [-0.2, 0) is 22.5 Å². The lowest BCUT2D eigenvalue weighted by molar-refractivity contribution is -0.151. The zero-order valence-electron chi connectivity index (χ0n) is 13.4. The number of imidazole rings is 1. The Morgan fingerprint density at radius 1 is 1.52 bits per heavy atom. The van der Waals surface area contributed by atoms with Gasteiger partial charge >= 0.3 is 5.97 Å². The van der Waals surface area contributed by atoms with Gasteiger partial charge in [0, 0.05) is 31.4 Å². The highest BCUT2D eigenvalue weighted by atomic mass is 16.5. The third-order valence-corrected chi connectivity index (χ3v) is 3.95. The molecule has 0 saturated heterocycles. The fraction of sp³-hybridized carbons (Fsp3) is 0.750. The van der Waals surface area contributed by atoms with Crippen LogP contribution in [-0.4, -0.2) is 33.7 Å². The minimum Gasteiger partial charge on any atom is -0.465 e. The summed E-state index contributed by atoms with van der Waals surface area (Å²) in [4.78, 5) is 16.7. The van der Waals surface area contributed by atoms with Crippen LogP contribution in [0.3, 0.4) is 0 Å². The molecule has 1 fully saturated rings. The molecular weight excluding hydrogens is 266 g/mol. The average Bonchev–Trinajstić information content (AvgIpc) is 3.15. The highest BCUT2D eigenvalue weighted by Crippen LogP contribution is 2.25. The van der Waals surface area contributed by atoms with Crippen LogP contribution in [0.1, 0.15) is 52.3 Å². The van der Waals surface area contributed by atoms with Crippen molar-refractivity contribution in [3.05, 3.63) is 18.2 Å². The van der Waals surface area contributed by atoms with Gasteiger partial charge in [-0.2, -0.15) is 0 Å². The summed E-state index contributed by atoms with van der Waals surface area (Å²) in [5.41, 5.74) is -0.606. The van der Waals surface area contributed by atoms with Crippen LogP contribution in [0.15, 0.2) is 12.4 Å². The summed E-state index contributed by atoms with van der Waals surface area (Å²) in [6.45, 7) is 7.16. The van der Waals surface area contributed by atoms with E-state index in [0.717, 1.165) is 44.5 Å². The van der Waals surface area contributed by atoms with Crippen LogP contribution >= 0.6 is 0 Å². The van der Waals surface area contributed by atoms with Gasteiger partial charge in [-0.15, -0.1) is 0 Å². The van der Waals surface area contributed by atoms with Gasteiger partial charge < -0.3 is 9.30 Å². The molecule has 1 heterocycles. The lowest BCUT2D eigenvalue weighted by atomic mass is 9.97. The summed E-state index contributed by atoms with van der Waals surface area (Å²) in [5, 5.41) is 3.46. The van der Waals surface area contributed by atoms with Gasteiger partial charge in [-0.25, -0.2) is 4.98 Å². The Labute approximate surface area is 127 Å². The van der Waals surface area contributed by atoms with Gasteiger partial charge in [-0.1, -0.05) is 6.92 Å². The first-order chi connectivity index (χ1) is 10.1. The molecule has 0 amide bonds. The van der Waals surface area contributed by atoms with Gasteiger partial charge in [-0.05, 0) is 39.5 Å². The number of ether oxygens (including phenoxy) is 1. The minimum atomic E-state index is -0.606. The molecule has 1 N–H and O–H groups in total. The number of carbonyl (C=O) groups is 1. The maximum absolute atomic E-state index is 12.3. The van der Waals surface area contributed by atoms with E-state index in [4.69, 9.17) is 4.74 Å². The van der Waals surface area contributed by atoms with Crippen LogP contribution in [0, 0.1) is 0 Å². The Hall–Kier alpha value is -1.36. The van der Waals surface area contributed by atoms with Gasteiger partial charge in [-0.3, -0.25) is 10.1 Å². The molecule has 1 aliphatic rings. The van der Waals surface area contributed by atoms with Crippen molar-refractivity contribution in [2.75, 3.05) is 6.61 Å². The van der Waals surface area contributed by atoms with E-state index in [1.165, 1.54) is 0 Å².